The lowest BCUT2D eigenvalue weighted by molar-refractivity contribution is -0.157. The Bertz CT molecular complexity index is 1310. The number of esters is 1. The van der Waals surface area contributed by atoms with Crippen LogP contribution in [0.1, 0.15) is 49.2 Å². The maximum absolute atomic E-state index is 13.2. The van der Waals surface area contributed by atoms with Crippen molar-refractivity contribution in [2.24, 2.45) is 0 Å². The zero-order chi connectivity index (χ0) is 24.6. The summed E-state index contributed by atoms with van der Waals surface area (Å²) < 4.78 is 24.3. The van der Waals surface area contributed by atoms with E-state index < -0.39 is 11.6 Å². The predicted octanol–water partition coefficient (Wildman–Crippen LogP) is 5.31. The number of Topliss-reactive ketones (excluding diaryl/α,β-unsaturated/α-hetero) is 1. The number of allylic oxidation sites excluding steroid dienone is 1. The normalized spacial score (nSPS) is 14.3. The molecule has 0 bridgehead atoms. The molecule has 2 aromatic carbocycles. The van der Waals surface area contributed by atoms with Gasteiger partial charge in [-0.15, -0.1) is 0 Å². The minimum Gasteiger partial charge on any atom is -0.497 e. The molecule has 1 aliphatic rings. The average Bonchev–Trinajstić information content (AvgIpc) is 3.28. The number of methoxy groups -OCH3 is 1. The fourth-order valence-corrected chi connectivity index (χ4v) is 4.02. The van der Waals surface area contributed by atoms with E-state index in [1.807, 2.05) is 31.3 Å². The summed E-state index contributed by atoms with van der Waals surface area (Å²) in [6, 6.07) is 9.23. The van der Waals surface area contributed by atoms with Crippen molar-refractivity contribution in [3.8, 4) is 17.2 Å². The van der Waals surface area contributed by atoms with Crippen LogP contribution in [0.5, 0.6) is 17.2 Å². The Morgan fingerprint density at radius 1 is 1.15 bits per heavy atom. The van der Waals surface area contributed by atoms with Gasteiger partial charge in [0.25, 0.3) is 0 Å². The number of rotatable bonds is 6. The third-order valence-corrected chi connectivity index (χ3v) is 5.47. The number of fused-ring (bicyclic) bond motifs is 2. The fourth-order valence-electron chi connectivity index (χ4n) is 4.02. The first-order valence-electron chi connectivity index (χ1n) is 11.2. The van der Waals surface area contributed by atoms with Gasteiger partial charge < -0.3 is 23.5 Å². The summed E-state index contributed by atoms with van der Waals surface area (Å²) in [5.74, 6) is 1.17. The molecular weight excluding hydrogens is 434 g/mol. The molecule has 7 nitrogen and oxygen atoms in total. The maximum atomic E-state index is 13.2. The zero-order valence-corrected chi connectivity index (χ0v) is 20.4. The first kappa shape index (κ1) is 23.4. The highest BCUT2D eigenvalue weighted by molar-refractivity contribution is 6.16. The maximum Gasteiger partial charge on any atom is 0.344 e. The summed E-state index contributed by atoms with van der Waals surface area (Å²) >= 11 is 0. The molecule has 3 aromatic rings. The summed E-state index contributed by atoms with van der Waals surface area (Å²) in [4.78, 5) is 25.1. The van der Waals surface area contributed by atoms with Crippen LogP contribution in [-0.4, -0.2) is 35.6 Å². The van der Waals surface area contributed by atoms with Gasteiger partial charge in [0.05, 0.1) is 12.7 Å². The van der Waals surface area contributed by atoms with Crippen LogP contribution in [0, 0.1) is 6.92 Å². The molecule has 1 aromatic heterocycles. The number of hydrogen-bond donors (Lipinski definition) is 0. The third kappa shape index (κ3) is 4.64. The van der Waals surface area contributed by atoms with Crippen molar-refractivity contribution in [3.63, 3.8) is 0 Å². The highest BCUT2D eigenvalue weighted by Crippen LogP contribution is 2.38. The van der Waals surface area contributed by atoms with E-state index in [9.17, 15) is 9.59 Å². The van der Waals surface area contributed by atoms with Crippen molar-refractivity contribution < 1.29 is 28.5 Å². The molecule has 4 rings (SSSR count). The third-order valence-electron chi connectivity index (χ3n) is 5.47. The summed E-state index contributed by atoms with van der Waals surface area (Å²) in [5, 5.41) is 0.971. The molecule has 0 spiro atoms. The van der Waals surface area contributed by atoms with Gasteiger partial charge >= 0.3 is 5.97 Å². The van der Waals surface area contributed by atoms with Crippen LogP contribution in [0.2, 0.25) is 0 Å². The van der Waals surface area contributed by atoms with Gasteiger partial charge in [-0.05, 0) is 70.5 Å². The zero-order valence-electron chi connectivity index (χ0n) is 20.4. The molecule has 0 saturated carbocycles. The van der Waals surface area contributed by atoms with E-state index in [1.54, 1.807) is 46.1 Å². The van der Waals surface area contributed by atoms with Crippen LogP contribution >= 0.6 is 0 Å². The molecule has 0 radical (unpaired) electrons. The Morgan fingerprint density at radius 3 is 2.59 bits per heavy atom. The van der Waals surface area contributed by atoms with Crippen molar-refractivity contribution in [2.45, 2.75) is 46.8 Å². The molecule has 2 heterocycles. The predicted molar refractivity (Wildman–Crippen MR) is 130 cm³/mol. The Balaban J connectivity index is 1.62. The van der Waals surface area contributed by atoms with Gasteiger partial charge in [-0.1, -0.05) is 0 Å². The number of aromatic nitrogens is 1. The van der Waals surface area contributed by atoms with Gasteiger partial charge in [0, 0.05) is 35.3 Å². The molecule has 0 amide bonds. The van der Waals surface area contributed by atoms with Gasteiger partial charge in [-0.25, -0.2) is 4.79 Å². The smallest absolute Gasteiger partial charge is 0.344 e. The summed E-state index contributed by atoms with van der Waals surface area (Å²) in [5.41, 5.74) is 2.53. The van der Waals surface area contributed by atoms with E-state index in [0.717, 1.165) is 28.8 Å². The molecule has 0 fully saturated rings. The molecular formula is C27H29NO6. The average molecular weight is 464 g/mol. The van der Waals surface area contributed by atoms with Crippen molar-refractivity contribution in [1.82, 2.24) is 4.57 Å². The van der Waals surface area contributed by atoms with E-state index >= 15 is 0 Å². The Morgan fingerprint density at radius 2 is 1.91 bits per heavy atom. The van der Waals surface area contributed by atoms with Gasteiger partial charge in [0.1, 0.15) is 22.8 Å². The van der Waals surface area contributed by atoms with Crippen molar-refractivity contribution in [1.29, 1.82) is 0 Å². The number of aryl methyl sites for hydroxylation is 2. The van der Waals surface area contributed by atoms with Crippen LogP contribution < -0.4 is 14.2 Å². The molecule has 0 aliphatic carbocycles. The lowest BCUT2D eigenvalue weighted by Gasteiger charge is -2.19. The molecule has 178 valence electrons. The summed E-state index contributed by atoms with van der Waals surface area (Å²) in [6.45, 7) is 9.83. The minimum absolute atomic E-state index is 0.188. The molecule has 0 unspecified atom stereocenters. The van der Waals surface area contributed by atoms with Crippen LogP contribution in [0.3, 0.4) is 0 Å². The second-order valence-corrected chi connectivity index (χ2v) is 9.18. The van der Waals surface area contributed by atoms with E-state index in [-0.39, 0.29) is 18.1 Å². The second-order valence-electron chi connectivity index (χ2n) is 9.18. The number of benzene rings is 2. The lowest BCUT2D eigenvalue weighted by Crippen LogP contribution is -2.27. The molecule has 34 heavy (non-hydrogen) atoms. The van der Waals surface area contributed by atoms with Gasteiger partial charge in [-0.3, -0.25) is 4.79 Å². The monoisotopic (exact) mass is 463 g/mol. The number of carbonyl (C=O) groups is 2. The number of carbonyl (C=O) groups excluding carboxylic acids is 2. The largest absolute Gasteiger partial charge is 0.497 e. The molecule has 0 atom stereocenters. The molecule has 0 N–H and O–H groups in total. The highest BCUT2D eigenvalue weighted by Gasteiger charge is 2.30. The van der Waals surface area contributed by atoms with E-state index in [1.165, 1.54) is 0 Å². The number of ether oxygens (including phenoxy) is 4. The quantitative estimate of drug-likeness (QED) is 0.364. The van der Waals surface area contributed by atoms with Crippen molar-refractivity contribution in [3.05, 3.63) is 59.0 Å². The summed E-state index contributed by atoms with van der Waals surface area (Å²) in [7, 11) is 1.63. The van der Waals surface area contributed by atoms with E-state index in [4.69, 9.17) is 18.9 Å². The Labute approximate surface area is 198 Å². The Hall–Kier alpha value is -3.74. The van der Waals surface area contributed by atoms with Crippen LogP contribution in [0.4, 0.5) is 0 Å². The van der Waals surface area contributed by atoms with Crippen molar-refractivity contribution >= 4 is 28.7 Å². The van der Waals surface area contributed by atoms with Gasteiger partial charge in [0.15, 0.2) is 12.4 Å². The minimum atomic E-state index is -0.589. The van der Waals surface area contributed by atoms with E-state index in [0.29, 0.717) is 22.6 Å². The van der Waals surface area contributed by atoms with Crippen LogP contribution in [0.25, 0.3) is 17.0 Å². The topological polar surface area (TPSA) is 76.0 Å². The molecule has 7 heteroatoms. The van der Waals surface area contributed by atoms with Gasteiger partial charge in [0.2, 0.25) is 5.78 Å². The standard InChI is InChI=1S/C27H29NO6/c1-7-28-14-17(20-12-18(31-6)8-9-21(20)28)11-23-26(30)25-16(2)10-19(13-22(25)33-23)32-15-24(29)34-27(3,4)5/h8-14H,7,15H2,1-6H3/b23-11-. The second kappa shape index (κ2) is 8.89. The number of nitrogens with zero attached hydrogens (tertiary/aromatic N) is 1. The highest BCUT2D eigenvalue weighted by atomic mass is 16.6. The van der Waals surface area contributed by atoms with E-state index in [2.05, 4.69) is 11.5 Å². The SMILES string of the molecule is CCn1cc(/C=C2\Oc3cc(OCC(=O)OC(C)(C)C)cc(C)c3C2=O)c2cc(OC)ccc21. The first-order chi connectivity index (χ1) is 16.1. The summed E-state index contributed by atoms with van der Waals surface area (Å²) in [6.07, 6.45) is 3.76. The van der Waals surface area contributed by atoms with Gasteiger partial charge in [-0.2, -0.15) is 0 Å². The lowest BCUT2D eigenvalue weighted by atomic mass is 10.0. The first-order valence-corrected chi connectivity index (χ1v) is 11.2. The fraction of sp³-hybridized carbons (Fsp3) is 0.333. The molecule has 0 saturated heterocycles. The molecule has 1 aliphatic heterocycles. The number of ketones is 1. The van der Waals surface area contributed by atoms with Crippen molar-refractivity contribution in [2.75, 3.05) is 13.7 Å². The van der Waals surface area contributed by atoms with Crippen LogP contribution in [-0.2, 0) is 16.1 Å². The van der Waals surface area contributed by atoms with Crippen LogP contribution in [0.15, 0.2) is 42.3 Å². The number of hydrogen-bond acceptors (Lipinski definition) is 6. The Kier molecular flexibility index (Phi) is 6.13.